The van der Waals surface area contributed by atoms with E-state index in [1.807, 2.05) is 0 Å². The number of unbranched alkanes of at least 4 members (excludes halogenated alkanes) is 3. The van der Waals surface area contributed by atoms with Crippen LogP contribution in [0.2, 0.25) is 0 Å². The third-order valence-corrected chi connectivity index (χ3v) is 7.52. The first kappa shape index (κ1) is 37.6. The van der Waals surface area contributed by atoms with E-state index in [1.165, 1.54) is 0 Å². The molecule has 2 aliphatic rings. The van der Waals surface area contributed by atoms with E-state index in [4.69, 9.17) is 47.4 Å². The van der Waals surface area contributed by atoms with Crippen LogP contribution in [0.5, 0.6) is 23.0 Å². The van der Waals surface area contributed by atoms with Gasteiger partial charge in [-0.15, -0.1) is 0 Å². The number of hydrogen-bond acceptors (Lipinski definition) is 12. The van der Waals surface area contributed by atoms with Crippen LogP contribution < -0.4 is 18.9 Å². The van der Waals surface area contributed by atoms with Gasteiger partial charge in [0.1, 0.15) is 26.4 Å². The monoisotopic (exact) mass is 674 g/mol. The standard InChI is InChI=1S/C36H50O12/c37-31(29-7-9-33-35(27-29)47-25-21-43-17-13-39-11-15-41-19-23-45-33)5-3-1-2-4-6-32(38)30-8-10-34-36(28-30)48-26-22-44-18-14-40-12-16-42-20-24-46-34/h7-10,27-28H,1-6,11-26H2. The molecule has 0 atom stereocenters. The van der Waals surface area contributed by atoms with Crippen molar-refractivity contribution >= 4 is 11.6 Å². The third-order valence-electron chi connectivity index (χ3n) is 7.52. The van der Waals surface area contributed by atoms with Crippen molar-refractivity contribution in [1.29, 1.82) is 0 Å². The average Bonchev–Trinajstić information content (AvgIpc) is 3.12. The van der Waals surface area contributed by atoms with Crippen LogP contribution in [0.25, 0.3) is 0 Å². The third kappa shape index (κ3) is 14.5. The molecule has 0 spiro atoms. The highest BCUT2D eigenvalue weighted by molar-refractivity contribution is 5.97. The Morgan fingerprint density at radius 3 is 1.00 bits per heavy atom. The average molecular weight is 675 g/mol. The zero-order chi connectivity index (χ0) is 33.5. The van der Waals surface area contributed by atoms with E-state index in [1.54, 1.807) is 36.4 Å². The summed E-state index contributed by atoms with van der Waals surface area (Å²) in [5, 5.41) is 0. The number of Topliss-reactive ketones (excluding diaryl/α,β-unsaturated/α-hetero) is 2. The maximum absolute atomic E-state index is 13.0. The lowest BCUT2D eigenvalue weighted by atomic mass is 10.0. The summed E-state index contributed by atoms with van der Waals surface area (Å²) in [6.45, 7) is 6.95. The molecule has 48 heavy (non-hydrogen) atoms. The maximum atomic E-state index is 13.0. The van der Waals surface area contributed by atoms with Crippen molar-refractivity contribution < 1.29 is 57.0 Å². The summed E-state index contributed by atoms with van der Waals surface area (Å²) >= 11 is 0. The van der Waals surface area contributed by atoms with Crippen LogP contribution in [0.3, 0.4) is 0 Å². The van der Waals surface area contributed by atoms with Gasteiger partial charge in [-0.25, -0.2) is 0 Å². The van der Waals surface area contributed by atoms with Crippen LogP contribution in [0.15, 0.2) is 36.4 Å². The maximum Gasteiger partial charge on any atom is 0.163 e. The molecule has 0 aromatic heterocycles. The molecule has 0 unspecified atom stereocenters. The number of ether oxygens (including phenoxy) is 10. The summed E-state index contributed by atoms with van der Waals surface area (Å²) < 4.78 is 56.5. The van der Waals surface area contributed by atoms with E-state index in [9.17, 15) is 9.59 Å². The van der Waals surface area contributed by atoms with Gasteiger partial charge in [0, 0.05) is 24.0 Å². The van der Waals surface area contributed by atoms with Gasteiger partial charge in [0.05, 0.1) is 79.3 Å². The van der Waals surface area contributed by atoms with E-state index >= 15 is 0 Å². The number of fused-ring (bicyclic) bond motifs is 2. The second-order valence-electron chi connectivity index (χ2n) is 11.2. The summed E-state index contributed by atoms with van der Waals surface area (Å²) in [5.74, 6) is 2.22. The van der Waals surface area contributed by atoms with Gasteiger partial charge in [0.15, 0.2) is 34.6 Å². The lowest BCUT2D eigenvalue weighted by Crippen LogP contribution is -2.13. The highest BCUT2D eigenvalue weighted by Crippen LogP contribution is 2.31. The molecule has 2 heterocycles. The predicted molar refractivity (Wildman–Crippen MR) is 176 cm³/mol. The van der Waals surface area contributed by atoms with Gasteiger partial charge in [-0.1, -0.05) is 12.8 Å². The van der Waals surface area contributed by atoms with Gasteiger partial charge in [0.2, 0.25) is 0 Å². The molecular weight excluding hydrogens is 624 g/mol. The summed E-state index contributed by atoms with van der Waals surface area (Å²) in [6.07, 6.45) is 3.98. The predicted octanol–water partition coefficient (Wildman–Crippen LogP) is 4.73. The van der Waals surface area contributed by atoms with E-state index in [0.29, 0.717) is 153 Å². The molecule has 2 aromatic carbocycles. The van der Waals surface area contributed by atoms with E-state index < -0.39 is 0 Å². The first-order valence-electron chi connectivity index (χ1n) is 17.0. The van der Waals surface area contributed by atoms with Gasteiger partial charge in [-0.05, 0) is 49.2 Å². The second kappa shape index (κ2) is 23.2. The Bertz CT molecular complexity index is 1130. The molecule has 0 saturated heterocycles. The number of ketones is 2. The van der Waals surface area contributed by atoms with Crippen molar-refractivity contribution in [2.45, 2.75) is 38.5 Å². The van der Waals surface area contributed by atoms with Crippen molar-refractivity contribution in [3.05, 3.63) is 47.5 Å². The van der Waals surface area contributed by atoms with Crippen LogP contribution in [-0.2, 0) is 28.4 Å². The number of benzene rings is 2. The molecule has 2 aliphatic heterocycles. The fraction of sp³-hybridized carbons (Fsp3) is 0.611. The van der Waals surface area contributed by atoms with Crippen molar-refractivity contribution in [3.63, 3.8) is 0 Å². The summed E-state index contributed by atoms with van der Waals surface area (Å²) in [7, 11) is 0. The smallest absolute Gasteiger partial charge is 0.163 e. The normalized spacial score (nSPS) is 17.9. The van der Waals surface area contributed by atoms with Crippen molar-refractivity contribution in [2.24, 2.45) is 0 Å². The molecule has 12 nitrogen and oxygen atoms in total. The van der Waals surface area contributed by atoms with Crippen LogP contribution in [0.1, 0.15) is 59.2 Å². The van der Waals surface area contributed by atoms with Crippen molar-refractivity contribution in [3.8, 4) is 23.0 Å². The first-order chi connectivity index (χ1) is 23.7. The minimum absolute atomic E-state index is 0.0398. The lowest BCUT2D eigenvalue weighted by Gasteiger charge is -2.14. The lowest BCUT2D eigenvalue weighted by molar-refractivity contribution is 0.00708. The van der Waals surface area contributed by atoms with Crippen LogP contribution in [-0.4, -0.2) is 117 Å². The molecule has 266 valence electrons. The van der Waals surface area contributed by atoms with Gasteiger partial charge in [-0.3, -0.25) is 9.59 Å². The number of rotatable bonds is 9. The molecule has 0 aliphatic carbocycles. The fourth-order valence-electron chi connectivity index (χ4n) is 4.97. The molecule has 0 bridgehead atoms. The quantitative estimate of drug-likeness (QED) is 0.270. The molecule has 0 radical (unpaired) electrons. The van der Waals surface area contributed by atoms with E-state index in [0.717, 1.165) is 25.7 Å². The Hall–Kier alpha value is -3.26. The fourth-order valence-corrected chi connectivity index (χ4v) is 4.97. The zero-order valence-electron chi connectivity index (χ0n) is 27.9. The van der Waals surface area contributed by atoms with Crippen LogP contribution in [0, 0.1) is 0 Å². The SMILES string of the molecule is O=C(CCCCCCC(=O)c1ccc2c(c1)OCCOCCOCCOCCO2)c1ccc2c(c1)OCCOCCOCCOCCO2. The second-order valence-corrected chi connectivity index (χ2v) is 11.2. The van der Waals surface area contributed by atoms with Gasteiger partial charge < -0.3 is 47.4 Å². The van der Waals surface area contributed by atoms with Crippen molar-refractivity contribution in [2.75, 3.05) is 106 Å². The molecule has 0 N–H and O–H groups in total. The molecule has 0 amide bonds. The number of carbonyl (C=O) groups excluding carboxylic acids is 2. The molecule has 0 saturated carbocycles. The van der Waals surface area contributed by atoms with E-state index in [-0.39, 0.29) is 11.6 Å². The minimum Gasteiger partial charge on any atom is -0.487 e. The van der Waals surface area contributed by atoms with E-state index in [2.05, 4.69) is 0 Å². The zero-order valence-corrected chi connectivity index (χ0v) is 27.9. The Balaban J connectivity index is 1.19. The topological polar surface area (TPSA) is 126 Å². The molecule has 0 fully saturated rings. The summed E-state index contributed by atoms with van der Waals surface area (Å²) in [4.78, 5) is 26.0. The van der Waals surface area contributed by atoms with Gasteiger partial charge in [0.25, 0.3) is 0 Å². The minimum atomic E-state index is 0.0398. The highest BCUT2D eigenvalue weighted by Gasteiger charge is 2.15. The highest BCUT2D eigenvalue weighted by atomic mass is 16.6. The largest absolute Gasteiger partial charge is 0.487 e. The molecule has 12 heteroatoms. The number of carbonyl (C=O) groups is 2. The van der Waals surface area contributed by atoms with Gasteiger partial charge in [-0.2, -0.15) is 0 Å². The molecule has 4 rings (SSSR count). The first-order valence-corrected chi connectivity index (χ1v) is 17.0. The number of hydrogen-bond donors (Lipinski definition) is 0. The summed E-state index contributed by atoms with van der Waals surface area (Å²) in [6, 6.07) is 10.5. The Morgan fingerprint density at radius 1 is 0.375 bits per heavy atom. The molecular formula is C36H50O12. The Morgan fingerprint density at radius 2 is 0.667 bits per heavy atom. The Labute approximate surface area is 283 Å². The Kier molecular flexibility index (Phi) is 18.1. The van der Waals surface area contributed by atoms with Crippen LogP contribution in [0.4, 0.5) is 0 Å². The van der Waals surface area contributed by atoms with Crippen molar-refractivity contribution in [1.82, 2.24) is 0 Å². The summed E-state index contributed by atoms with van der Waals surface area (Å²) in [5.41, 5.74) is 1.15. The molecule has 2 aromatic rings. The van der Waals surface area contributed by atoms with Gasteiger partial charge >= 0.3 is 0 Å². The van der Waals surface area contributed by atoms with Crippen LogP contribution >= 0.6 is 0 Å².